The molecule has 3 rings (SSSR count). The van der Waals surface area contributed by atoms with Crippen LogP contribution >= 0.6 is 23.2 Å². The maximum absolute atomic E-state index is 12.2. The Hall–Kier alpha value is -1.91. The number of hydrogen-bond acceptors (Lipinski definition) is 3. The molecule has 2 aromatic carbocycles. The van der Waals surface area contributed by atoms with Gasteiger partial charge in [0, 0.05) is 6.42 Å². The van der Waals surface area contributed by atoms with Gasteiger partial charge in [-0.1, -0.05) is 35.3 Å². The summed E-state index contributed by atoms with van der Waals surface area (Å²) in [4.78, 5) is 12.2. The van der Waals surface area contributed by atoms with E-state index in [1.807, 2.05) is 31.2 Å². The van der Waals surface area contributed by atoms with E-state index in [0.29, 0.717) is 36.1 Å². The van der Waals surface area contributed by atoms with E-state index in [0.717, 1.165) is 22.6 Å². The fourth-order valence-electron chi connectivity index (χ4n) is 2.68. The molecule has 1 heterocycles. The molecule has 1 aliphatic rings. The Labute approximate surface area is 157 Å². The molecule has 1 N–H and O–H groups in total. The highest BCUT2D eigenvalue weighted by Gasteiger charge is 2.15. The normalized spacial score (nSPS) is 14.0. The maximum Gasteiger partial charge on any atom is 0.220 e. The number of hydrogen-bond donors (Lipinski definition) is 1. The lowest BCUT2D eigenvalue weighted by Crippen LogP contribution is -2.27. The molecular weight excluding hydrogens is 361 g/mol. The fourth-order valence-corrected chi connectivity index (χ4v) is 3.00. The molecule has 6 heteroatoms. The van der Waals surface area contributed by atoms with Crippen molar-refractivity contribution in [2.75, 3.05) is 13.2 Å². The van der Waals surface area contributed by atoms with Crippen LogP contribution < -0.4 is 14.8 Å². The Morgan fingerprint density at radius 2 is 1.84 bits per heavy atom. The minimum atomic E-state index is -0.114. The second-order valence-electron chi connectivity index (χ2n) is 5.94. The van der Waals surface area contributed by atoms with Crippen LogP contribution in [0, 0.1) is 0 Å². The van der Waals surface area contributed by atoms with Gasteiger partial charge in [0.25, 0.3) is 0 Å². The summed E-state index contributed by atoms with van der Waals surface area (Å²) in [5.41, 5.74) is 1.96. The third-order valence-corrected chi connectivity index (χ3v) is 4.81. The van der Waals surface area contributed by atoms with Crippen molar-refractivity contribution in [2.45, 2.75) is 25.8 Å². The number of nitrogens with one attached hydrogen (secondary N) is 1. The van der Waals surface area contributed by atoms with Crippen molar-refractivity contribution in [1.82, 2.24) is 5.32 Å². The number of halogens is 2. The van der Waals surface area contributed by atoms with E-state index >= 15 is 0 Å². The number of rotatable bonds is 5. The monoisotopic (exact) mass is 379 g/mol. The van der Waals surface area contributed by atoms with Crippen LogP contribution in [0.25, 0.3) is 0 Å². The molecule has 0 aromatic heterocycles. The van der Waals surface area contributed by atoms with Gasteiger partial charge in [-0.3, -0.25) is 4.79 Å². The van der Waals surface area contributed by atoms with Crippen LogP contribution in [-0.4, -0.2) is 19.1 Å². The van der Waals surface area contributed by atoms with E-state index in [1.165, 1.54) is 0 Å². The fraction of sp³-hybridized carbons (Fsp3) is 0.316. The molecule has 4 nitrogen and oxygen atoms in total. The van der Waals surface area contributed by atoms with Gasteiger partial charge in [-0.05, 0) is 48.7 Å². The average Bonchev–Trinajstić information content (AvgIpc) is 2.62. The van der Waals surface area contributed by atoms with Crippen molar-refractivity contribution in [2.24, 2.45) is 0 Å². The first-order valence-corrected chi connectivity index (χ1v) is 8.91. The van der Waals surface area contributed by atoms with Gasteiger partial charge in [0.15, 0.2) is 11.5 Å². The molecule has 0 aliphatic carbocycles. The van der Waals surface area contributed by atoms with Gasteiger partial charge >= 0.3 is 0 Å². The second-order valence-corrected chi connectivity index (χ2v) is 6.76. The zero-order valence-electron chi connectivity index (χ0n) is 13.9. The third kappa shape index (κ3) is 4.59. The zero-order chi connectivity index (χ0) is 17.8. The molecule has 1 atom stereocenters. The van der Waals surface area contributed by atoms with Crippen molar-refractivity contribution < 1.29 is 14.3 Å². The summed E-state index contributed by atoms with van der Waals surface area (Å²) >= 11 is 11.9. The van der Waals surface area contributed by atoms with E-state index in [-0.39, 0.29) is 11.9 Å². The smallest absolute Gasteiger partial charge is 0.220 e. The Bertz CT molecular complexity index is 779. The number of benzene rings is 2. The SMILES string of the molecule is C[C@H](NC(=O)CCc1ccc(Cl)c(Cl)c1)c1ccc2c(c1)OCCO2. The first kappa shape index (κ1) is 17.9. The third-order valence-electron chi connectivity index (χ3n) is 4.07. The molecule has 1 amide bonds. The van der Waals surface area contributed by atoms with Gasteiger partial charge in [-0.15, -0.1) is 0 Å². The lowest BCUT2D eigenvalue weighted by atomic mass is 10.1. The van der Waals surface area contributed by atoms with Gasteiger partial charge in [-0.25, -0.2) is 0 Å². The van der Waals surface area contributed by atoms with Crippen LogP contribution in [0.15, 0.2) is 36.4 Å². The minimum absolute atomic E-state index is 0.0199. The Balaban J connectivity index is 1.56. The van der Waals surface area contributed by atoms with Crippen LogP contribution in [0.3, 0.4) is 0 Å². The van der Waals surface area contributed by atoms with E-state index in [9.17, 15) is 4.79 Å². The Morgan fingerprint density at radius 3 is 2.60 bits per heavy atom. The topological polar surface area (TPSA) is 47.6 Å². The van der Waals surface area contributed by atoms with Gasteiger partial charge in [0.1, 0.15) is 13.2 Å². The van der Waals surface area contributed by atoms with Crippen molar-refractivity contribution >= 4 is 29.1 Å². The van der Waals surface area contributed by atoms with E-state index in [4.69, 9.17) is 32.7 Å². The summed E-state index contributed by atoms with van der Waals surface area (Å²) in [6.45, 7) is 3.05. The number of carbonyl (C=O) groups is 1. The molecule has 0 bridgehead atoms. The molecule has 0 saturated heterocycles. The van der Waals surface area contributed by atoms with Gasteiger partial charge in [0.2, 0.25) is 5.91 Å². The predicted molar refractivity (Wildman–Crippen MR) is 98.8 cm³/mol. The van der Waals surface area contributed by atoms with Crippen molar-refractivity contribution in [1.29, 1.82) is 0 Å². The van der Waals surface area contributed by atoms with Gasteiger partial charge in [-0.2, -0.15) is 0 Å². The number of carbonyl (C=O) groups excluding carboxylic acids is 1. The predicted octanol–water partition coefficient (Wildman–Crippen LogP) is 4.57. The van der Waals surface area contributed by atoms with Gasteiger partial charge < -0.3 is 14.8 Å². The molecule has 0 fully saturated rings. The highest BCUT2D eigenvalue weighted by Crippen LogP contribution is 2.32. The summed E-state index contributed by atoms with van der Waals surface area (Å²) in [6.07, 6.45) is 0.990. The highest BCUT2D eigenvalue weighted by molar-refractivity contribution is 6.42. The molecule has 0 radical (unpaired) electrons. The number of ether oxygens (including phenoxy) is 2. The summed E-state index contributed by atoms with van der Waals surface area (Å²) in [5.74, 6) is 1.45. The van der Waals surface area contributed by atoms with Crippen LogP contribution in [0.2, 0.25) is 10.0 Å². The number of aryl methyl sites for hydroxylation is 1. The van der Waals surface area contributed by atoms with Crippen LogP contribution in [0.4, 0.5) is 0 Å². The Kier molecular flexibility index (Phi) is 5.71. The average molecular weight is 380 g/mol. The van der Waals surface area contributed by atoms with Crippen LogP contribution in [-0.2, 0) is 11.2 Å². The lowest BCUT2D eigenvalue weighted by molar-refractivity contribution is -0.121. The quantitative estimate of drug-likeness (QED) is 0.827. The molecule has 1 aliphatic heterocycles. The molecule has 0 spiro atoms. The van der Waals surface area contributed by atoms with Crippen molar-refractivity contribution in [3.63, 3.8) is 0 Å². The van der Waals surface area contributed by atoms with Crippen molar-refractivity contribution in [3.05, 3.63) is 57.6 Å². The zero-order valence-corrected chi connectivity index (χ0v) is 15.4. The van der Waals surface area contributed by atoms with E-state index in [2.05, 4.69) is 5.32 Å². The Morgan fingerprint density at radius 1 is 1.08 bits per heavy atom. The summed E-state index contributed by atoms with van der Waals surface area (Å²) in [7, 11) is 0. The standard InChI is InChI=1S/C19H19Cl2NO3/c1-12(14-4-6-17-18(11-14)25-9-8-24-17)22-19(23)7-3-13-2-5-15(20)16(21)10-13/h2,4-6,10-12H,3,7-9H2,1H3,(H,22,23)/t12-/m0/s1. The number of amides is 1. The number of fused-ring (bicyclic) bond motifs is 1. The lowest BCUT2D eigenvalue weighted by Gasteiger charge is -2.21. The van der Waals surface area contributed by atoms with Crippen LogP contribution in [0.1, 0.15) is 30.5 Å². The molecule has 2 aromatic rings. The van der Waals surface area contributed by atoms with E-state index in [1.54, 1.807) is 12.1 Å². The summed E-state index contributed by atoms with van der Waals surface area (Å²) in [5, 5.41) is 4.02. The molecular formula is C19H19Cl2NO3. The van der Waals surface area contributed by atoms with Crippen molar-refractivity contribution in [3.8, 4) is 11.5 Å². The summed E-state index contributed by atoms with van der Waals surface area (Å²) in [6, 6.07) is 11.0. The van der Waals surface area contributed by atoms with Crippen LogP contribution in [0.5, 0.6) is 11.5 Å². The first-order chi connectivity index (χ1) is 12.0. The molecule has 0 saturated carbocycles. The molecule has 132 valence electrons. The minimum Gasteiger partial charge on any atom is -0.486 e. The maximum atomic E-state index is 12.2. The largest absolute Gasteiger partial charge is 0.486 e. The second kappa shape index (κ2) is 7.98. The molecule has 25 heavy (non-hydrogen) atoms. The van der Waals surface area contributed by atoms with E-state index < -0.39 is 0 Å². The molecule has 0 unspecified atom stereocenters. The van der Waals surface area contributed by atoms with Gasteiger partial charge in [0.05, 0.1) is 16.1 Å². The highest BCUT2D eigenvalue weighted by atomic mass is 35.5. The summed E-state index contributed by atoms with van der Waals surface area (Å²) < 4.78 is 11.1. The first-order valence-electron chi connectivity index (χ1n) is 8.16.